The average Bonchev–Trinajstić information content (AvgIpc) is 2.96. The molecule has 0 aliphatic carbocycles. The summed E-state index contributed by atoms with van der Waals surface area (Å²) in [6.45, 7) is 7.11. The highest BCUT2D eigenvalue weighted by atomic mass is 16.2. The maximum Gasteiger partial charge on any atom is 0.224 e. The van der Waals surface area contributed by atoms with Gasteiger partial charge in [-0.2, -0.15) is 0 Å². The zero-order chi connectivity index (χ0) is 15.4. The molecule has 0 bridgehead atoms. The van der Waals surface area contributed by atoms with E-state index in [1.165, 1.54) is 5.56 Å². The van der Waals surface area contributed by atoms with E-state index in [2.05, 4.69) is 52.8 Å². The average molecular weight is 301 g/mol. The van der Waals surface area contributed by atoms with Gasteiger partial charge < -0.3 is 10.6 Å². The van der Waals surface area contributed by atoms with Gasteiger partial charge in [-0.05, 0) is 30.9 Å². The van der Waals surface area contributed by atoms with Crippen molar-refractivity contribution in [3.05, 3.63) is 35.9 Å². The SMILES string of the molecule is C[C@@H]1CNC[C@H]1C(=O)NC1CCN(Cc2ccccc2)CC1. The van der Waals surface area contributed by atoms with Crippen LogP contribution in [0, 0.1) is 11.8 Å². The molecular formula is C18H27N3O. The third-order valence-corrected chi connectivity index (χ3v) is 5.04. The van der Waals surface area contributed by atoms with Crippen molar-refractivity contribution < 1.29 is 4.79 Å². The van der Waals surface area contributed by atoms with Crippen LogP contribution in [0.1, 0.15) is 25.3 Å². The zero-order valence-corrected chi connectivity index (χ0v) is 13.4. The Morgan fingerprint density at radius 2 is 1.95 bits per heavy atom. The van der Waals surface area contributed by atoms with E-state index in [1.807, 2.05) is 0 Å². The van der Waals surface area contributed by atoms with Gasteiger partial charge in [-0.15, -0.1) is 0 Å². The van der Waals surface area contributed by atoms with Crippen molar-refractivity contribution in [3.8, 4) is 0 Å². The van der Waals surface area contributed by atoms with Crippen LogP contribution in [-0.2, 0) is 11.3 Å². The van der Waals surface area contributed by atoms with Gasteiger partial charge in [0.1, 0.15) is 0 Å². The van der Waals surface area contributed by atoms with Crippen molar-refractivity contribution >= 4 is 5.91 Å². The van der Waals surface area contributed by atoms with Crippen molar-refractivity contribution in [1.29, 1.82) is 0 Å². The molecule has 1 aromatic rings. The molecule has 2 saturated heterocycles. The highest BCUT2D eigenvalue weighted by molar-refractivity contribution is 5.79. The van der Waals surface area contributed by atoms with E-state index in [0.29, 0.717) is 12.0 Å². The maximum absolute atomic E-state index is 12.3. The number of piperidine rings is 1. The number of nitrogens with zero attached hydrogens (tertiary/aromatic N) is 1. The van der Waals surface area contributed by atoms with E-state index in [1.54, 1.807) is 0 Å². The summed E-state index contributed by atoms with van der Waals surface area (Å²) in [5.41, 5.74) is 1.37. The Labute approximate surface area is 133 Å². The monoisotopic (exact) mass is 301 g/mol. The zero-order valence-electron chi connectivity index (χ0n) is 13.4. The summed E-state index contributed by atoms with van der Waals surface area (Å²) in [6.07, 6.45) is 2.13. The largest absolute Gasteiger partial charge is 0.353 e. The van der Waals surface area contributed by atoms with Crippen molar-refractivity contribution in [2.24, 2.45) is 11.8 Å². The molecule has 0 radical (unpaired) electrons. The van der Waals surface area contributed by atoms with E-state index in [-0.39, 0.29) is 11.8 Å². The fourth-order valence-corrected chi connectivity index (χ4v) is 3.55. The molecule has 2 aliphatic rings. The summed E-state index contributed by atoms with van der Waals surface area (Å²) in [7, 11) is 0. The lowest BCUT2D eigenvalue weighted by Crippen LogP contribution is -2.47. The Bertz CT molecular complexity index is 482. The highest BCUT2D eigenvalue weighted by Gasteiger charge is 2.31. The predicted octanol–water partition coefficient (Wildman–Crippen LogP) is 1.62. The molecular weight excluding hydrogens is 274 g/mol. The van der Waals surface area contributed by atoms with E-state index >= 15 is 0 Å². The van der Waals surface area contributed by atoms with Gasteiger partial charge in [0.2, 0.25) is 5.91 Å². The van der Waals surface area contributed by atoms with Gasteiger partial charge in [0.15, 0.2) is 0 Å². The Hall–Kier alpha value is -1.39. The summed E-state index contributed by atoms with van der Waals surface area (Å²) in [6, 6.07) is 11.0. The number of carbonyl (C=O) groups is 1. The summed E-state index contributed by atoms with van der Waals surface area (Å²) in [4.78, 5) is 14.8. The number of hydrogen-bond donors (Lipinski definition) is 2. The second kappa shape index (κ2) is 7.25. The Morgan fingerprint density at radius 3 is 2.59 bits per heavy atom. The van der Waals surface area contributed by atoms with Crippen LogP contribution in [0.4, 0.5) is 0 Å². The first-order valence-corrected chi connectivity index (χ1v) is 8.50. The van der Waals surface area contributed by atoms with Gasteiger partial charge >= 0.3 is 0 Å². The van der Waals surface area contributed by atoms with Crippen LogP contribution in [0.2, 0.25) is 0 Å². The quantitative estimate of drug-likeness (QED) is 0.888. The second-order valence-electron chi connectivity index (χ2n) is 6.79. The topological polar surface area (TPSA) is 44.4 Å². The Morgan fingerprint density at radius 1 is 1.23 bits per heavy atom. The van der Waals surface area contributed by atoms with Gasteiger partial charge in [0.25, 0.3) is 0 Å². The minimum absolute atomic E-state index is 0.155. The van der Waals surface area contributed by atoms with Crippen molar-refractivity contribution in [1.82, 2.24) is 15.5 Å². The molecule has 0 unspecified atom stereocenters. The highest BCUT2D eigenvalue weighted by Crippen LogP contribution is 2.18. The molecule has 2 atom stereocenters. The molecule has 3 rings (SSSR count). The minimum atomic E-state index is 0.155. The molecule has 1 aromatic carbocycles. The molecule has 4 heteroatoms. The number of amides is 1. The molecule has 2 N–H and O–H groups in total. The summed E-state index contributed by atoms with van der Waals surface area (Å²) >= 11 is 0. The number of carbonyl (C=O) groups excluding carboxylic acids is 1. The molecule has 0 aromatic heterocycles. The van der Waals surface area contributed by atoms with Crippen molar-refractivity contribution in [3.63, 3.8) is 0 Å². The number of rotatable bonds is 4. The third-order valence-electron chi connectivity index (χ3n) is 5.04. The van der Waals surface area contributed by atoms with Crippen molar-refractivity contribution in [2.75, 3.05) is 26.2 Å². The lowest BCUT2D eigenvalue weighted by molar-refractivity contribution is -0.126. The smallest absolute Gasteiger partial charge is 0.224 e. The molecule has 0 spiro atoms. The van der Waals surface area contributed by atoms with Crippen LogP contribution in [-0.4, -0.2) is 43.0 Å². The van der Waals surface area contributed by atoms with Gasteiger partial charge in [-0.25, -0.2) is 0 Å². The normalized spacial score (nSPS) is 27.0. The summed E-state index contributed by atoms with van der Waals surface area (Å²) in [5, 5.41) is 6.58. The minimum Gasteiger partial charge on any atom is -0.353 e. The predicted molar refractivity (Wildman–Crippen MR) is 88.4 cm³/mol. The van der Waals surface area contributed by atoms with Gasteiger partial charge in [0, 0.05) is 32.2 Å². The van der Waals surface area contributed by atoms with Crippen LogP contribution < -0.4 is 10.6 Å². The number of likely N-dealkylation sites (tertiary alicyclic amines) is 1. The number of benzene rings is 1. The Kier molecular flexibility index (Phi) is 5.11. The van der Waals surface area contributed by atoms with Crippen LogP contribution >= 0.6 is 0 Å². The van der Waals surface area contributed by atoms with Gasteiger partial charge in [0.05, 0.1) is 5.92 Å². The standard InChI is InChI=1S/C18H27N3O/c1-14-11-19-12-17(14)18(22)20-16-7-9-21(10-8-16)13-15-5-3-2-4-6-15/h2-6,14,16-17,19H,7-13H2,1H3,(H,20,22)/t14-,17-/m1/s1. The first kappa shape index (κ1) is 15.5. The van der Waals surface area contributed by atoms with Gasteiger partial charge in [-0.3, -0.25) is 9.69 Å². The molecule has 22 heavy (non-hydrogen) atoms. The first-order valence-electron chi connectivity index (χ1n) is 8.50. The van der Waals surface area contributed by atoms with Crippen LogP contribution in [0.15, 0.2) is 30.3 Å². The lowest BCUT2D eigenvalue weighted by Gasteiger charge is -2.33. The molecule has 1 amide bonds. The van der Waals surface area contributed by atoms with Crippen molar-refractivity contribution in [2.45, 2.75) is 32.4 Å². The molecule has 120 valence electrons. The molecule has 4 nitrogen and oxygen atoms in total. The van der Waals surface area contributed by atoms with E-state index in [0.717, 1.165) is 45.6 Å². The molecule has 2 heterocycles. The first-order chi connectivity index (χ1) is 10.7. The van der Waals surface area contributed by atoms with Crippen LogP contribution in [0.25, 0.3) is 0 Å². The number of nitrogens with one attached hydrogen (secondary N) is 2. The molecule has 0 saturated carbocycles. The molecule has 2 fully saturated rings. The second-order valence-corrected chi connectivity index (χ2v) is 6.79. The Balaban J connectivity index is 1.43. The van der Waals surface area contributed by atoms with Crippen LogP contribution in [0.5, 0.6) is 0 Å². The molecule has 2 aliphatic heterocycles. The summed E-state index contributed by atoms with van der Waals surface area (Å²) < 4.78 is 0. The van der Waals surface area contributed by atoms with E-state index < -0.39 is 0 Å². The fourth-order valence-electron chi connectivity index (χ4n) is 3.55. The summed E-state index contributed by atoms with van der Waals surface area (Å²) in [5.74, 6) is 0.861. The van der Waals surface area contributed by atoms with Crippen LogP contribution in [0.3, 0.4) is 0 Å². The maximum atomic E-state index is 12.3. The number of hydrogen-bond acceptors (Lipinski definition) is 3. The van der Waals surface area contributed by atoms with E-state index in [9.17, 15) is 4.79 Å². The van der Waals surface area contributed by atoms with Gasteiger partial charge in [-0.1, -0.05) is 37.3 Å². The lowest BCUT2D eigenvalue weighted by atomic mass is 9.96. The van der Waals surface area contributed by atoms with E-state index in [4.69, 9.17) is 0 Å². The fraction of sp³-hybridized carbons (Fsp3) is 0.611. The third kappa shape index (κ3) is 3.87.